The van der Waals surface area contributed by atoms with Crippen LogP contribution in [0, 0.1) is 0 Å². The van der Waals surface area contributed by atoms with Crippen LogP contribution in [-0.4, -0.2) is 53.4 Å². The SMILES string of the molecule is CCc1cccc(NC(=O)CNC(=NC)NC2CCc3nc(COC)nn3C2)c1. The van der Waals surface area contributed by atoms with Crippen molar-refractivity contribution in [3.63, 3.8) is 0 Å². The average Bonchev–Trinajstić information content (AvgIpc) is 3.13. The molecule has 0 fully saturated rings. The first kappa shape index (κ1) is 20.8. The number of anilines is 1. The van der Waals surface area contributed by atoms with E-state index < -0.39 is 0 Å². The average molecular weight is 399 g/mol. The Hall–Kier alpha value is -2.94. The van der Waals surface area contributed by atoms with Gasteiger partial charge in [0.15, 0.2) is 11.8 Å². The summed E-state index contributed by atoms with van der Waals surface area (Å²) >= 11 is 0. The van der Waals surface area contributed by atoms with Crippen molar-refractivity contribution in [2.75, 3.05) is 26.0 Å². The van der Waals surface area contributed by atoms with Crippen LogP contribution in [0.1, 0.15) is 30.6 Å². The highest BCUT2D eigenvalue weighted by Crippen LogP contribution is 2.13. The van der Waals surface area contributed by atoms with Gasteiger partial charge >= 0.3 is 0 Å². The molecule has 2 aromatic rings. The number of carbonyl (C=O) groups is 1. The van der Waals surface area contributed by atoms with Crippen molar-refractivity contribution in [1.82, 2.24) is 25.4 Å². The van der Waals surface area contributed by atoms with E-state index in [1.807, 2.05) is 28.9 Å². The van der Waals surface area contributed by atoms with Crippen LogP contribution in [0.2, 0.25) is 0 Å². The largest absolute Gasteiger partial charge is 0.377 e. The molecule has 1 atom stereocenters. The van der Waals surface area contributed by atoms with E-state index in [1.165, 1.54) is 5.56 Å². The lowest BCUT2D eigenvalue weighted by molar-refractivity contribution is -0.115. The molecule has 1 aromatic carbocycles. The molecule has 1 unspecified atom stereocenters. The minimum absolute atomic E-state index is 0.118. The van der Waals surface area contributed by atoms with Gasteiger partial charge in [-0.15, -0.1) is 0 Å². The van der Waals surface area contributed by atoms with Crippen molar-refractivity contribution in [3.05, 3.63) is 41.5 Å². The summed E-state index contributed by atoms with van der Waals surface area (Å²) in [5.41, 5.74) is 1.99. The van der Waals surface area contributed by atoms with E-state index in [2.05, 4.69) is 37.9 Å². The Labute approximate surface area is 171 Å². The Kier molecular flexibility index (Phi) is 7.18. The number of benzene rings is 1. The van der Waals surface area contributed by atoms with E-state index in [4.69, 9.17) is 4.74 Å². The summed E-state index contributed by atoms with van der Waals surface area (Å²) in [6, 6.07) is 8.03. The Bertz CT molecular complexity index is 862. The second kappa shape index (κ2) is 10.0. The van der Waals surface area contributed by atoms with Gasteiger partial charge in [0.25, 0.3) is 0 Å². The maximum absolute atomic E-state index is 12.3. The monoisotopic (exact) mass is 399 g/mol. The first-order valence-electron chi connectivity index (χ1n) is 9.88. The van der Waals surface area contributed by atoms with E-state index in [9.17, 15) is 4.79 Å². The number of aliphatic imine (C=N–C) groups is 1. The summed E-state index contributed by atoms with van der Waals surface area (Å²) in [5.74, 6) is 2.15. The standard InChI is InChI=1S/C20H29N7O2/c1-4-14-6-5-7-15(10-14)23-19(28)11-22-20(21-2)24-16-8-9-18-25-17(13-29-3)26-27(18)12-16/h5-7,10,16H,4,8-9,11-13H2,1-3H3,(H,23,28)(H2,21,22,24). The first-order valence-corrected chi connectivity index (χ1v) is 9.88. The number of guanidine groups is 1. The minimum Gasteiger partial charge on any atom is -0.377 e. The van der Waals surface area contributed by atoms with Gasteiger partial charge in [0.2, 0.25) is 5.91 Å². The Balaban J connectivity index is 1.48. The molecule has 3 N–H and O–H groups in total. The van der Waals surface area contributed by atoms with Crippen LogP contribution < -0.4 is 16.0 Å². The second-order valence-electron chi connectivity index (χ2n) is 6.97. The van der Waals surface area contributed by atoms with Crippen molar-refractivity contribution >= 4 is 17.6 Å². The fourth-order valence-corrected chi connectivity index (χ4v) is 3.29. The van der Waals surface area contributed by atoms with Gasteiger partial charge in [-0.05, 0) is 30.5 Å². The van der Waals surface area contributed by atoms with Gasteiger partial charge in [0.1, 0.15) is 12.4 Å². The molecule has 0 saturated heterocycles. The quantitative estimate of drug-likeness (QED) is 0.476. The third-order valence-electron chi connectivity index (χ3n) is 4.78. The molecule has 9 heteroatoms. The number of aryl methyl sites for hydroxylation is 2. The van der Waals surface area contributed by atoms with Crippen LogP contribution in [0.3, 0.4) is 0 Å². The normalized spacial score (nSPS) is 16.2. The predicted octanol–water partition coefficient (Wildman–Crippen LogP) is 1.11. The number of hydrogen-bond donors (Lipinski definition) is 3. The fraction of sp³-hybridized carbons (Fsp3) is 0.500. The third-order valence-corrected chi connectivity index (χ3v) is 4.78. The number of carbonyl (C=O) groups excluding carboxylic acids is 1. The molecule has 0 bridgehead atoms. The van der Waals surface area contributed by atoms with E-state index in [0.29, 0.717) is 24.9 Å². The molecule has 1 aliphatic heterocycles. The van der Waals surface area contributed by atoms with Crippen LogP contribution in [0.25, 0.3) is 0 Å². The van der Waals surface area contributed by atoms with E-state index in [0.717, 1.165) is 30.8 Å². The van der Waals surface area contributed by atoms with Crippen molar-refractivity contribution in [3.8, 4) is 0 Å². The third kappa shape index (κ3) is 5.77. The van der Waals surface area contributed by atoms with E-state index in [1.54, 1.807) is 14.2 Å². The van der Waals surface area contributed by atoms with Gasteiger partial charge in [0.05, 0.1) is 13.1 Å². The number of nitrogens with one attached hydrogen (secondary N) is 3. The van der Waals surface area contributed by atoms with Crippen LogP contribution in [0.4, 0.5) is 5.69 Å². The van der Waals surface area contributed by atoms with Crippen LogP contribution >= 0.6 is 0 Å². The number of methoxy groups -OCH3 is 1. The summed E-state index contributed by atoms with van der Waals surface area (Å²) in [7, 11) is 3.33. The highest BCUT2D eigenvalue weighted by atomic mass is 16.5. The molecule has 0 radical (unpaired) electrons. The van der Waals surface area contributed by atoms with Crippen molar-refractivity contribution in [2.24, 2.45) is 4.99 Å². The molecule has 1 aliphatic rings. The molecule has 29 heavy (non-hydrogen) atoms. The summed E-state index contributed by atoms with van der Waals surface area (Å²) in [4.78, 5) is 21.0. The van der Waals surface area contributed by atoms with E-state index >= 15 is 0 Å². The molecule has 1 aromatic heterocycles. The maximum atomic E-state index is 12.3. The topological polar surface area (TPSA) is 105 Å². The zero-order valence-corrected chi connectivity index (χ0v) is 17.2. The lowest BCUT2D eigenvalue weighted by Crippen LogP contribution is -2.48. The lowest BCUT2D eigenvalue weighted by atomic mass is 10.1. The smallest absolute Gasteiger partial charge is 0.243 e. The van der Waals surface area contributed by atoms with Crippen molar-refractivity contribution in [2.45, 2.75) is 45.4 Å². The molecule has 2 heterocycles. The van der Waals surface area contributed by atoms with Gasteiger partial charge in [-0.2, -0.15) is 5.10 Å². The molecule has 1 amide bonds. The van der Waals surface area contributed by atoms with Crippen LogP contribution in [0.5, 0.6) is 0 Å². The molecule has 3 rings (SSSR count). The molecule has 0 aliphatic carbocycles. The Morgan fingerprint density at radius 2 is 2.28 bits per heavy atom. The van der Waals surface area contributed by atoms with Gasteiger partial charge in [-0.25, -0.2) is 9.67 Å². The molecule has 156 valence electrons. The number of rotatable bonds is 7. The van der Waals surface area contributed by atoms with Crippen molar-refractivity contribution in [1.29, 1.82) is 0 Å². The molecule has 0 spiro atoms. The zero-order chi connectivity index (χ0) is 20.6. The summed E-state index contributed by atoms with van der Waals surface area (Å²) in [5, 5.41) is 13.8. The van der Waals surface area contributed by atoms with Gasteiger partial charge in [-0.3, -0.25) is 9.79 Å². The van der Waals surface area contributed by atoms with Crippen molar-refractivity contribution < 1.29 is 9.53 Å². The summed E-state index contributed by atoms with van der Waals surface area (Å²) in [6.07, 6.45) is 2.68. The highest BCUT2D eigenvalue weighted by molar-refractivity contribution is 5.95. The Morgan fingerprint density at radius 1 is 1.41 bits per heavy atom. The predicted molar refractivity (Wildman–Crippen MR) is 112 cm³/mol. The van der Waals surface area contributed by atoms with Gasteiger partial charge in [0, 0.05) is 32.3 Å². The van der Waals surface area contributed by atoms with Crippen LogP contribution in [-0.2, 0) is 35.5 Å². The molecule has 0 saturated carbocycles. The number of amides is 1. The number of nitrogens with zero attached hydrogens (tertiary/aromatic N) is 4. The van der Waals surface area contributed by atoms with Gasteiger partial charge in [-0.1, -0.05) is 19.1 Å². The number of ether oxygens (including phenoxy) is 1. The zero-order valence-electron chi connectivity index (χ0n) is 17.2. The minimum atomic E-state index is -0.118. The number of aromatic nitrogens is 3. The molecular weight excluding hydrogens is 370 g/mol. The lowest BCUT2D eigenvalue weighted by Gasteiger charge is -2.25. The second-order valence-corrected chi connectivity index (χ2v) is 6.97. The molecular formula is C20H29N7O2. The Morgan fingerprint density at radius 3 is 3.03 bits per heavy atom. The highest BCUT2D eigenvalue weighted by Gasteiger charge is 2.22. The molecule has 9 nitrogen and oxygen atoms in total. The number of hydrogen-bond acceptors (Lipinski definition) is 5. The fourth-order valence-electron chi connectivity index (χ4n) is 3.29. The van der Waals surface area contributed by atoms with Gasteiger partial charge < -0.3 is 20.7 Å². The first-order chi connectivity index (χ1) is 14.1. The number of fused-ring (bicyclic) bond motifs is 1. The van der Waals surface area contributed by atoms with E-state index in [-0.39, 0.29) is 18.5 Å². The maximum Gasteiger partial charge on any atom is 0.243 e. The van der Waals surface area contributed by atoms with Crippen LogP contribution in [0.15, 0.2) is 29.3 Å². The summed E-state index contributed by atoms with van der Waals surface area (Å²) < 4.78 is 7.02. The summed E-state index contributed by atoms with van der Waals surface area (Å²) in [6.45, 7) is 3.33.